The number of azo groups is 1. The van der Waals surface area contributed by atoms with E-state index >= 15 is 0 Å². The Labute approximate surface area is 602 Å². The predicted octanol–water partition coefficient (Wildman–Crippen LogP) is 30.8. The molecule has 6 heteroatoms. The molecule has 0 N–H and O–H groups in total. The Morgan fingerprint density at radius 2 is 0.344 bits per heavy atom. The molecule has 0 saturated carbocycles. The van der Waals surface area contributed by atoms with Gasteiger partial charge in [-0.15, -0.1) is 0 Å². The molecule has 0 saturated heterocycles. The number of benzene rings is 2. The van der Waals surface area contributed by atoms with Gasteiger partial charge in [0.2, 0.25) is 0 Å². The van der Waals surface area contributed by atoms with Gasteiger partial charge in [-0.1, -0.05) is 336 Å². The minimum Gasteiger partial charge on any atom is -0.494 e. The molecule has 6 nitrogen and oxygen atoms in total. The molecule has 0 aliphatic heterocycles. The molecule has 0 atom stereocenters. The maximum Gasteiger partial charge on any atom is 0.119 e. The molecule has 0 fully saturated rings. The van der Waals surface area contributed by atoms with Gasteiger partial charge in [-0.3, -0.25) is 0 Å². The van der Waals surface area contributed by atoms with Crippen LogP contribution in [-0.2, 0) is 0 Å². The fourth-order valence-corrected chi connectivity index (χ4v) is 15.0. The van der Waals surface area contributed by atoms with Crippen molar-refractivity contribution in [1.82, 2.24) is 0 Å². The van der Waals surface area contributed by atoms with E-state index in [9.17, 15) is 0 Å². The van der Waals surface area contributed by atoms with Crippen LogP contribution >= 0.6 is 0 Å². The number of hydrogen-bond donors (Lipinski definition) is 0. The van der Waals surface area contributed by atoms with E-state index in [0.717, 1.165) is 48.9 Å². The summed E-state index contributed by atoms with van der Waals surface area (Å²) in [5.41, 5.74) is 1.69. The lowest BCUT2D eigenvalue weighted by molar-refractivity contribution is -0.910. The van der Waals surface area contributed by atoms with E-state index < -0.39 is 0 Å². The molecule has 0 heterocycles. The standard InChI is InChI=1S/C90H170N4O2/c1-7-11-15-19-23-27-31-35-39-43-47-51-55-63-79-93(5,80-64-56-52-48-44-40-36-32-28-24-20-16-12-8-2)83-67-59-61-69-85-95-89-75-71-87(72-76-89)91-92-88-73-77-90(78-74-88)96-86-70-62-60-68-84-94(6,81-65-57-53-49-45-41-37-33-29-25-21-17-13-9-3)82-66-58-54-50-46-42-38-34-30-26-22-18-14-10-4/h71-78H,7-70,79-86H2,1-6H3/q+2. The summed E-state index contributed by atoms with van der Waals surface area (Å²) in [5.74, 6) is 1.84. The number of ether oxygens (including phenoxy) is 2. The molecule has 0 radical (unpaired) electrons. The smallest absolute Gasteiger partial charge is 0.119 e. The highest BCUT2D eigenvalue weighted by atomic mass is 16.5. The molecule has 0 amide bonds. The summed E-state index contributed by atoms with van der Waals surface area (Å²) >= 11 is 0. The molecule has 96 heavy (non-hydrogen) atoms. The third-order valence-electron chi connectivity index (χ3n) is 21.9. The summed E-state index contributed by atoms with van der Waals surface area (Å²) in [7, 11) is 5.19. The molecular formula is C90H170N4O2+2. The minimum atomic E-state index is 0.775. The Hall–Kier alpha value is -2.44. The molecule has 2 rings (SSSR count). The van der Waals surface area contributed by atoms with Crippen LogP contribution in [0.5, 0.6) is 11.5 Å². The van der Waals surface area contributed by atoms with Gasteiger partial charge in [0.05, 0.1) is 78.0 Å². The molecule has 0 aliphatic rings. The average molecular weight is 1340 g/mol. The SMILES string of the molecule is CCCCCCCCCCCCCCCC[N+](C)(CCCCCCCCCCCCCCCC)CCCCCCOc1ccc(N=Nc2ccc(OCCCCCC[N+](C)(CCCCCCCCCCCCCCCC)CCCCCCCCCCCCCCCC)cc2)cc1. The summed E-state index contributed by atoms with van der Waals surface area (Å²) in [6, 6.07) is 16.3. The van der Waals surface area contributed by atoms with E-state index in [1.165, 1.54) is 446 Å². The second kappa shape index (κ2) is 69.6. The summed E-state index contributed by atoms with van der Waals surface area (Å²) in [5, 5.41) is 9.10. The first-order valence-electron chi connectivity index (χ1n) is 43.9. The molecule has 0 aliphatic carbocycles. The summed E-state index contributed by atoms with van der Waals surface area (Å²) in [6.45, 7) is 19.0. The lowest BCUT2D eigenvalue weighted by atomic mass is 10.0. The van der Waals surface area contributed by atoms with E-state index in [2.05, 4.69) is 52.0 Å². The molecular weight excluding hydrogens is 1170 g/mol. The van der Waals surface area contributed by atoms with Crippen LogP contribution in [0.2, 0.25) is 0 Å². The minimum absolute atomic E-state index is 0.775. The third kappa shape index (κ3) is 59.3. The number of unbranched alkanes of at least 4 members (excludes halogenated alkanes) is 58. The van der Waals surface area contributed by atoms with Gasteiger partial charge in [-0.25, -0.2) is 0 Å². The van der Waals surface area contributed by atoms with Crippen LogP contribution < -0.4 is 9.47 Å². The maximum absolute atomic E-state index is 6.22. The van der Waals surface area contributed by atoms with Crippen LogP contribution in [-0.4, -0.2) is 75.5 Å². The van der Waals surface area contributed by atoms with Gasteiger partial charge in [-0.2, -0.15) is 10.2 Å². The van der Waals surface area contributed by atoms with E-state index in [1.807, 2.05) is 48.5 Å². The van der Waals surface area contributed by atoms with Crippen molar-refractivity contribution < 1.29 is 18.4 Å². The van der Waals surface area contributed by atoms with Crippen LogP contribution in [0.3, 0.4) is 0 Å². The third-order valence-corrected chi connectivity index (χ3v) is 21.9. The monoisotopic (exact) mass is 1340 g/mol. The van der Waals surface area contributed by atoms with Gasteiger partial charge in [0.1, 0.15) is 11.5 Å². The van der Waals surface area contributed by atoms with Crippen molar-refractivity contribution in [2.75, 3.05) is 66.6 Å². The Morgan fingerprint density at radius 3 is 0.510 bits per heavy atom. The first kappa shape index (κ1) is 89.6. The van der Waals surface area contributed by atoms with E-state index in [-0.39, 0.29) is 0 Å². The van der Waals surface area contributed by atoms with Crippen molar-refractivity contribution in [3.05, 3.63) is 48.5 Å². The predicted molar refractivity (Wildman–Crippen MR) is 428 cm³/mol. The Morgan fingerprint density at radius 1 is 0.198 bits per heavy atom. The van der Waals surface area contributed by atoms with Gasteiger partial charge < -0.3 is 18.4 Å². The first-order valence-corrected chi connectivity index (χ1v) is 43.9. The molecule has 0 bridgehead atoms. The number of quaternary nitrogens is 2. The lowest BCUT2D eigenvalue weighted by Crippen LogP contribution is -2.46. The zero-order valence-corrected chi connectivity index (χ0v) is 66.1. The molecule has 2 aromatic rings. The largest absolute Gasteiger partial charge is 0.494 e. The Balaban J connectivity index is 1.67. The molecule has 0 aromatic heterocycles. The zero-order chi connectivity index (χ0) is 68.7. The fraction of sp³-hybridized carbons (Fsp3) is 0.867. The van der Waals surface area contributed by atoms with Crippen molar-refractivity contribution in [3.63, 3.8) is 0 Å². The van der Waals surface area contributed by atoms with Crippen molar-refractivity contribution in [2.24, 2.45) is 10.2 Å². The van der Waals surface area contributed by atoms with Crippen molar-refractivity contribution in [2.45, 2.75) is 439 Å². The number of nitrogens with zero attached hydrogens (tertiary/aromatic N) is 4. The Bertz CT molecular complexity index is 1670. The van der Waals surface area contributed by atoms with Gasteiger partial charge in [-0.05, 0) is 151 Å². The van der Waals surface area contributed by atoms with Gasteiger partial charge >= 0.3 is 0 Å². The first-order chi connectivity index (χ1) is 47.3. The number of hydrogen-bond acceptors (Lipinski definition) is 4. The molecule has 0 spiro atoms. The summed E-state index contributed by atoms with van der Waals surface area (Å²) in [4.78, 5) is 0. The summed E-state index contributed by atoms with van der Waals surface area (Å²) < 4.78 is 15.0. The normalized spacial score (nSPS) is 12.1. The van der Waals surface area contributed by atoms with Crippen LogP contribution in [0.4, 0.5) is 11.4 Å². The van der Waals surface area contributed by atoms with Crippen molar-refractivity contribution >= 4 is 11.4 Å². The quantitative estimate of drug-likeness (QED) is 0.0376. The van der Waals surface area contributed by atoms with Crippen LogP contribution in [0, 0.1) is 0 Å². The van der Waals surface area contributed by atoms with Crippen LogP contribution in [0.25, 0.3) is 0 Å². The highest BCUT2D eigenvalue weighted by Gasteiger charge is 2.22. The summed E-state index contributed by atoms with van der Waals surface area (Å²) in [6.07, 6.45) is 90.6. The second-order valence-electron chi connectivity index (χ2n) is 31.7. The van der Waals surface area contributed by atoms with Crippen molar-refractivity contribution in [3.8, 4) is 11.5 Å². The second-order valence-corrected chi connectivity index (χ2v) is 31.7. The number of rotatable bonds is 78. The average Bonchev–Trinajstić information content (AvgIpc) is 1.80. The van der Waals surface area contributed by atoms with Gasteiger partial charge in [0.25, 0.3) is 0 Å². The van der Waals surface area contributed by atoms with Crippen LogP contribution in [0.15, 0.2) is 58.8 Å². The molecule has 560 valence electrons. The maximum atomic E-state index is 6.22. The highest BCUT2D eigenvalue weighted by molar-refractivity contribution is 5.44. The Kier molecular flexibility index (Phi) is 65.0. The van der Waals surface area contributed by atoms with E-state index in [0.29, 0.717) is 0 Å². The highest BCUT2D eigenvalue weighted by Crippen LogP contribution is 2.26. The molecule has 0 unspecified atom stereocenters. The van der Waals surface area contributed by atoms with Crippen molar-refractivity contribution in [1.29, 1.82) is 0 Å². The topological polar surface area (TPSA) is 43.2 Å². The van der Waals surface area contributed by atoms with Gasteiger partial charge in [0, 0.05) is 0 Å². The lowest BCUT2D eigenvalue weighted by Gasteiger charge is -2.35. The van der Waals surface area contributed by atoms with Gasteiger partial charge in [0.15, 0.2) is 0 Å². The zero-order valence-electron chi connectivity index (χ0n) is 66.1. The molecule has 2 aromatic carbocycles. The van der Waals surface area contributed by atoms with E-state index in [1.54, 1.807) is 0 Å². The van der Waals surface area contributed by atoms with E-state index in [4.69, 9.17) is 9.47 Å². The van der Waals surface area contributed by atoms with Crippen LogP contribution in [0.1, 0.15) is 439 Å². The fourth-order valence-electron chi connectivity index (χ4n) is 15.0.